The third kappa shape index (κ3) is 3.44. The van der Waals surface area contributed by atoms with Gasteiger partial charge in [-0.25, -0.2) is 8.42 Å². The molecule has 0 spiro atoms. The Hall–Kier alpha value is -2.75. The van der Waals surface area contributed by atoms with E-state index in [1.54, 1.807) is 6.07 Å². The minimum absolute atomic E-state index is 0.0645. The summed E-state index contributed by atoms with van der Waals surface area (Å²) in [6.45, 7) is -0.453. The second kappa shape index (κ2) is 6.76. The summed E-state index contributed by atoms with van der Waals surface area (Å²) in [5.41, 5.74) is -1.21. The fourth-order valence-electron chi connectivity index (χ4n) is 2.77. The number of sulfonamides is 1. The van der Waals surface area contributed by atoms with Gasteiger partial charge in [-0.2, -0.15) is 13.2 Å². The number of carbonyl (C=O) groups is 1. The molecule has 0 saturated heterocycles. The summed E-state index contributed by atoms with van der Waals surface area (Å²) in [4.78, 5) is 11.1. The molecule has 0 aliphatic carbocycles. The minimum Gasteiger partial charge on any atom is -0.476 e. The first-order chi connectivity index (χ1) is 12.7. The fraction of sp³-hybridized carbons (Fsp3) is 0.235. The molecule has 2 aromatic carbocycles. The van der Waals surface area contributed by atoms with Crippen LogP contribution in [0.25, 0.3) is 0 Å². The lowest BCUT2D eigenvalue weighted by Crippen LogP contribution is -2.50. The number of para-hydroxylation sites is 2. The molecule has 1 atom stereocenters. The number of halogens is 3. The number of benzene rings is 2. The predicted octanol–water partition coefficient (Wildman–Crippen LogP) is 2.41. The number of likely N-dealkylation sites (N-methyl/N-ethyl adjacent to an activating group) is 1. The maximum atomic E-state index is 13.3. The number of nitrogens with one attached hydrogen (secondary N) is 1. The Kier molecular flexibility index (Phi) is 4.77. The van der Waals surface area contributed by atoms with Gasteiger partial charge in [0, 0.05) is 7.05 Å². The number of hydrogen-bond donors (Lipinski definition) is 1. The molecule has 1 aliphatic heterocycles. The Balaban J connectivity index is 2.16. The molecule has 0 radical (unpaired) electrons. The highest BCUT2D eigenvalue weighted by Crippen LogP contribution is 2.40. The van der Waals surface area contributed by atoms with E-state index in [0.29, 0.717) is 6.07 Å². The average molecular weight is 400 g/mol. The van der Waals surface area contributed by atoms with Crippen LogP contribution in [0.15, 0.2) is 53.4 Å². The lowest BCUT2D eigenvalue weighted by Gasteiger charge is -2.35. The number of fused-ring (bicyclic) bond motifs is 1. The molecule has 0 saturated carbocycles. The van der Waals surface area contributed by atoms with E-state index in [0.717, 1.165) is 16.4 Å². The van der Waals surface area contributed by atoms with Crippen LogP contribution in [0, 0.1) is 0 Å². The smallest absolute Gasteiger partial charge is 0.417 e. The SMILES string of the molecule is CNC(=O)C1CN(S(=O)(=O)c2ccccc2C(F)(F)F)c2ccccc2O1. The lowest BCUT2D eigenvalue weighted by molar-refractivity contribution is -0.139. The topological polar surface area (TPSA) is 75.7 Å². The van der Waals surface area contributed by atoms with Crippen molar-refractivity contribution in [3.05, 3.63) is 54.1 Å². The second-order valence-corrected chi connectivity index (χ2v) is 7.55. The summed E-state index contributed by atoms with van der Waals surface area (Å²) in [6.07, 6.45) is -6.05. The van der Waals surface area contributed by atoms with E-state index < -0.39 is 45.2 Å². The quantitative estimate of drug-likeness (QED) is 0.859. The molecule has 0 aromatic heterocycles. The molecular weight excluding hydrogens is 385 g/mol. The monoisotopic (exact) mass is 400 g/mol. The van der Waals surface area contributed by atoms with Gasteiger partial charge in [0.2, 0.25) is 0 Å². The largest absolute Gasteiger partial charge is 0.476 e. The summed E-state index contributed by atoms with van der Waals surface area (Å²) in [6, 6.07) is 9.87. The number of ether oxygens (including phenoxy) is 1. The van der Waals surface area contributed by atoms with Crippen LogP contribution in [0.4, 0.5) is 18.9 Å². The van der Waals surface area contributed by atoms with E-state index in [1.807, 2.05) is 0 Å². The third-order valence-electron chi connectivity index (χ3n) is 4.03. The van der Waals surface area contributed by atoms with Crippen molar-refractivity contribution in [2.24, 2.45) is 0 Å². The van der Waals surface area contributed by atoms with Crippen molar-refractivity contribution in [3.63, 3.8) is 0 Å². The van der Waals surface area contributed by atoms with E-state index in [9.17, 15) is 26.4 Å². The summed E-state index contributed by atoms with van der Waals surface area (Å²) in [5.74, 6) is -0.501. The van der Waals surface area contributed by atoms with Gasteiger partial charge in [-0.1, -0.05) is 24.3 Å². The fourth-order valence-corrected chi connectivity index (χ4v) is 4.46. The van der Waals surface area contributed by atoms with Crippen molar-refractivity contribution in [2.75, 3.05) is 17.9 Å². The average Bonchev–Trinajstić information content (AvgIpc) is 2.65. The Morgan fingerprint density at radius 1 is 1.15 bits per heavy atom. The van der Waals surface area contributed by atoms with Gasteiger partial charge >= 0.3 is 6.18 Å². The predicted molar refractivity (Wildman–Crippen MR) is 90.9 cm³/mol. The maximum absolute atomic E-state index is 13.3. The molecule has 2 aromatic rings. The molecule has 1 amide bonds. The molecular formula is C17H15F3N2O4S. The Bertz CT molecular complexity index is 976. The van der Waals surface area contributed by atoms with Gasteiger partial charge in [-0.05, 0) is 24.3 Å². The van der Waals surface area contributed by atoms with Gasteiger partial charge in [-0.15, -0.1) is 0 Å². The van der Waals surface area contributed by atoms with E-state index in [-0.39, 0.29) is 11.4 Å². The standard InChI is InChI=1S/C17H15F3N2O4S/c1-21-16(23)14-10-22(12-7-3-4-8-13(12)26-14)27(24,25)15-9-5-2-6-11(15)17(18,19)20/h2-9,14H,10H2,1H3,(H,21,23). The van der Waals surface area contributed by atoms with Gasteiger partial charge in [0.1, 0.15) is 5.75 Å². The molecule has 27 heavy (non-hydrogen) atoms. The van der Waals surface area contributed by atoms with Crippen LogP contribution >= 0.6 is 0 Å². The Morgan fingerprint density at radius 3 is 2.44 bits per heavy atom. The second-order valence-electron chi connectivity index (χ2n) is 5.72. The number of amides is 1. The van der Waals surface area contributed by atoms with Crippen LogP contribution in [-0.2, 0) is 21.0 Å². The number of anilines is 1. The molecule has 1 N–H and O–H groups in total. The van der Waals surface area contributed by atoms with Gasteiger partial charge in [-0.3, -0.25) is 9.10 Å². The summed E-state index contributed by atoms with van der Waals surface area (Å²) in [7, 11) is -3.26. The number of alkyl halides is 3. The molecule has 1 heterocycles. The summed E-state index contributed by atoms with van der Waals surface area (Å²) < 4.78 is 72.5. The van der Waals surface area contributed by atoms with Crippen molar-refractivity contribution in [2.45, 2.75) is 17.2 Å². The van der Waals surface area contributed by atoms with Gasteiger partial charge in [0.05, 0.1) is 22.7 Å². The number of carbonyl (C=O) groups excluding carboxylic acids is 1. The number of hydrogen-bond acceptors (Lipinski definition) is 4. The van der Waals surface area contributed by atoms with Crippen molar-refractivity contribution in [1.82, 2.24) is 5.32 Å². The van der Waals surface area contributed by atoms with E-state index >= 15 is 0 Å². The van der Waals surface area contributed by atoms with Gasteiger partial charge in [0.25, 0.3) is 15.9 Å². The zero-order valence-corrected chi connectivity index (χ0v) is 14.8. The van der Waals surface area contributed by atoms with Crippen molar-refractivity contribution >= 4 is 21.6 Å². The molecule has 0 fully saturated rings. The van der Waals surface area contributed by atoms with E-state index in [1.165, 1.54) is 31.3 Å². The van der Waals surface area contributed by atoms with E-state index in [4.69, 9.17) is 4.74 Å². The first kappa shape index (κ1) is 19.0. The highest BCUT2D eigenvalue weighted by atomic mass is 32.2. The number of nitrogens with zero attached hydrogens (tertiary/aromatic N) is 1. The van der Waals surface area contributed by atoms with Gasteiger partial charge < -0.3 is 10.1 Å². The Morgan fingerprint density at radius 2 is 1.78 bits per heavy atom. The van der Waals surface area contributed by atoms with Gasteiger partial charge in [0.15, 0.2) is 6.10 Å². The van der Waals surface area contributed by atoms with Crippen molar-refractivity contribution in [3.8, 4) is 5.75 Å². The van der Waals surface area contributed by atoms with Crippen molar-refractivity contribution < 1.29 is 31.1 Å². The Labute approximate surface area is 153 Å². The normalized spacial score (nSPS) is 17.0. The summed E-state index contributed by atoms with van der Waals surface area (Å²) in [5, 5.41) is 2.35. The zero-order chi connectivity index (χ0) is 19.8. The first-order valence-electron chi connectivity index (χ1n) is 7.82. The van der Waals surface area contributed by atoms with Crippen LogP contribution in [-0.4, -0.2) is 34.0 Å². The van der Waals surface area contributed by atoms with E-state index in [2.05, 4.69) is 5.32 Å². The molecule has 3 rings (SSSR count). The molecule has 144 valence electrons. The molecule has 10 heteroatoms. The van der Waals surface area contributed by atoms with Crippen LogP contribution < -0.4 is 14.4 Å². The molecule has 1 aliphatic rings. The van der Waals surface area contributed by atoms with Crippen LogP contribution in [0.3, 0.4) is 0 Å². The van der Waals surface area contributed by atoms with Crippen LogP contribution in [0.2, 0.25) is 0 Å². The molecule has 0 bridgehead atoms. The number of rotatable bonds is 3. The van der Waals surface area contributed by atoms with Crippen LogP contribution in [0.5, 0.6) is 5.75 Å². The first-order valence-corrected chi connectivity index (χ1v) is 9.26. The molecule has 1 unspecified atom stereocenters. The zero-order valence-electron chi connectivity index (χ0n) is 14.0. The third-order valence-corrected chi connectivity index (χ3v) is 5.87. The maximum Gasteiger partial charge on any atom is 0.417 e. The highest BCUT2D eigenvalue weighted by molar-refractivity contribution is 7.93. The summed E-state index contributed by atoms with van der Waals surface area (Å²) >= 11 is 0. The minimum atomic E-state index is -4.85. The lowest BCUT2D eigenvalue weighted by atomic mass is 10.2. The van der Waals surface area contributed by atoms with Crippen molar-refractivity contribution in [1.29, 1.82) is 0 Å². The van der Waals surface area contributed by atoms with Crippen LogP contribution in [0.1, 0.15) is 5.56 Å². The highest BCUT2D eigenvalue weighted by Gasteiger charge is 2.42. The molecule has 6 nitrogen and oxygen atoms in total.